The van der Waals surface area contributed by atoms with Crippen molar-refractivity contribution in [3.05, 3.63) is 53.6 Å². The molecule has 3 aromatic rings. The van der Waals surface area contributed by atoms with E-state index >= 15 is 0 Å². The maximum Gasteiger partial charge on any atom is 0.233 e. The standard InChI is InChI=1S/C23H26N2O3S/c1-3-16-8-11-20-21(13-16)29-23(24-20)25(15-19-5-4-12-28-19)22(26)14-17-6-9-18(27-2)10-7-17/h6-11,13,19H,3-5,12,14-15H2,1-2H3/t19-/m1/s1. The number of aromatic nitrogens is 1. The van der Waals surface area contributed by atoms with E-state index in [0.29, 0.717) is 13.0 Å². The van der Waals surface area contributed by atoms with E-state index in [-0.39, 0.29) is 12.0 Å². The molecule has 6 heteroatoms. The number of anilines is 1. The Hall–Kier alpha value is -2.44. The molecular weight excluding hydrogens is 384 g/mol. The van der Waals surface area contributed by atoms with E-state index in [1.165, 1.54) is 5.56 Å². The monoisotopic (exact) mass is 410 g/mol. The van der Waals surface area contributed by atoms with Crippen LogP contribution >= 0.6 is 11.3 Å². The molecule has 152 valence electrons. The maximum absolute atomic E-state index is 13.3. The van der Waals surface area contributed by atoms with Gasteiger partial charge >= 0.3 is 0 Å². The summed E-state index contributed by atoms with van der Waals surface area (Å²) >= 11 is 1.58. The largest absolute Gasteiger partial charge is 0.497 e. The smallest absolute Gasteiger partial charge is 0.233 e. The Morgan fingerprint density at radius 3 is 2.72 bits per heavy atom. The molecule has 0 radical (unpaired) electrons. The second-order valence-electron chi connectivity index (χ2n) is 7.32. The second-order valence-corrected chi connectivity index (χ2v) is 8.33. The van der Waals surface area contributed by atoms with Gasteiger partial charge in [-0.3, -0.25) is 9.69 Å². The lowest BCUT2D eigenvalue weighted by Gasteiger charge is -2.23. The molecular formula is C23H26N2O3S. The molecule has 4 rings (SSSR count). The van der Waals surface area contributed by atoms with E-state index in [9.17, 15) is 4.79 Å². The Labute approximate surface area is 175 Å². The highest BCUT2D eigenvalue weighted by atomic mass is 32.1. The fourth-order valence-corrected chi connectivity index (χ4v) is 4.64. The van der Waals surface area contributed by atoms with Crippen LogP contribution in [-0.4, -0.2) is 37.3 Å². The lowest BCUT2D eigenvalue weighted by atomic mass is 10.1. The number of fused-ring (bicyclic) bond motifs is 1. The Morgan fingerprint density at radius 2 is 2.03 bits per heavy atom. The predicted octanol–water partition coefficient (Wildman–Crippen LogP) is 4.62. The fourth-order valence-electron chi connectivity index (χ4n) is 3.58. The molecule has 0 bridgehead atoms. The van der Waals surface area contributed by atoms with Crippen LogP contribution in [0.2, 0.25) is 0 Å². The highest BCUT2D eigenvalue weighted by molar-refractivity contribution is 7.22. The number of carbonyl (C=O) groups excluding carboxylic acids is 1. The molecule has 29 heavy (non-hydrogen) atoms. The first-order valence-corrected chi connectivity index (χ1v) is 10.9. The van der Waals surface area contributed by atoms with Gasteiger partial charge in [0.2, 0.25) is 5.91 Å². The molecule has 0 saturated carbocycles. The summed E-state index contributed by atoms with van der Waals surface area (Å²) in [6.07, 6.45) is 3.42. The van der Waals surface area contributed by atoms with Crippen LogP contribution in [0.25, 0.3) is 10.2 Å². The number of methoxy groups -OCH3 is 1. The van der Waals surface area contributed by atoms with Crippen molar-refractivity contribution in [1.29, 1.82) is 0 Å². The van der Waals surface area contributed by atoms with Gasteiger partial charge in [0.25, 0.3) is 0 Å². The summed E-state index contributed by atoms with van der Waals surface area (Å²) < 4.78 is 12.1. The van der Waals surface area contributed by atoms with Gasteiger partial charge in [0.05, 0.1) is 36.4 Å². The Balaban J connectivity index is 1.60. The van der Waals surface area contributed by atoms with Gasteiger partial charge in [-0.15, -0.1) is 0 Å². The van der Waals surface area contributed by atoms with Gasteiger partial charge in [0.1, 0.15) is 5.75 Å². The van der Waals surface area contributed by atoms with Crippen molar-refractivity contribution in [3.63, 3.8) is 0 Å². The molecule has 0 aliphatic carbocycles. The van der Waals surface area contributed by atoms with E-state index < -0.39 is 0 Å². The summed E-state index contributed by atoms with van der Waals surface area (Å²) in [4.78, 5) is 19.8. The number of rotatable bonds is 7. The van der Waals surface area contributed by atoms with Gasteiger partial charge in [0.15, 0.2) is 5.13 Å². The van der Waals surface area contributed by atoms with Crippen LogP contribution in [0.5, 0.6) is 5.75 Å². The number of hydrogen-bond acceptors (Lipinski definition) is 5. The zero-order valence-corrected chi connectivity index (χ0v) is 17.7. The Kier molecular flexibility index (Phi) is 6.11. The third-order valence-electron chi connectivity index (χ3n) is 5.31. The number of nitrogens with zero attached hydrogens (tertiary/aromatic N) is 2. The third kappa shape index (κ3) is 4.60. The molecule has 0 N–H and O–H groups in total. The number of hydrogen-bond donors (Lipinski definition) is 0. The van der Waals surface area contributed by atoms with E-state index in [1.807, 2.05) is 35.2 Å². The molecule has 2 heterocycles. The average Bonchev–Trinajstić information content (AvgIpc) is 3.41. The molecule has 2 aromatic carbocycles. The molecule has 0 spiro atoms. The molecule has 1 aliphatic rings. The molecule has 1 aliphatic heterocycles. The van der Waals surface area contributed by atoms with Crippen LogP contribution in [0, 0.1) is 0 Å². The molecule has 1 aromatic heterocycles. The van der Waals surface area contributed by atoms with Crippen molar-refractivity contribution in [2.24, 2.45) is 0 Å². The summed E-state index contributed by atoms with van der Waals surface area (Å²) in [5.41, 5.74) is 3.18. The lowest BCUT2D eigenvalue weighted by molar-refractivity contribution is -0.118. The zero-order valence-electron chi connectivity index (χ0n) is 16.9. The number of ether oxygens (including phenoxy) is 2. The molecule has 1 atom stereocenters. The van der Waals surface area contributed by atoms with Crippen LogP contribution in [0.4, 0.5) is 5.13 Å². The van der Waals surface area contributed by atoms with Gasteiger partial charge in [-0.2, -0.15) is 0 Å². The zero-order chi connectivity index (χ0) is 20.2. The first-order chi connectivity index (χ1) is 14.2. The van der Waals surface area contributed by atoms with Crippen LogP contribution < -0.4 is 9.64 Å². The maximum atomic E-state index is 13.3. The first kappa shape index (κ1) is 19.9. The Morgan fingerprint density at radius 1 is 1.24 bits per heavy atom. The van der Waals surface area contributed by atoms with Gasteiger partial charge in [-0.1, -0.05) is 36.5 Å². The molecule has 1 amide bonds. The number of thiazole rings is 1. The normalized spacial score (nSPS) is 16.3. The predicted molar refractivity (Wildman–Crippen MR) is 117 cm³/mol. The lowest BCUT2D eigenvalue weighted by Crippen LogP contribution is -2.38. The minimum atomic E-state index is 0.0421. The van der Waals surface area contributed by atoms with Crippen molar-refractivity contribution < 1.29 is 14.3 Å². The van der Waals surface area contributed by atoms with Crippen LogP contribution in [0.1, 0.15) is 30.9 Å². The summed E-state index contributed by atoms with van der Waals surface area (Å²) in [5.74, 6) is 0.829. The van der Waals surface area contributed by atoms with Crippen LogP contribution in [-0.2, 0) is 22.4 Å². The number of aryl methyl sites for hydroxylation is 1. The minimum absolute atomic E-state index is 0.0421. The van der Waals surface area contributed by atoms with Crippen LogP contribution in [0.3, 0.4) is 0 Å². The van der Waals surface area contributed by atoms with E-state index in [1.54, 1.807) is 18.4 Å². The van der Waals surface area contributed by atoms with Crippen molar-refractivity contribution >= 4 is 32.6 Å². The summed E-state index contributed by atoms with van der Waals surface area (Å²) in [6.45, 7) is 3.46. The molecule has 1 fully saturated rings. The van der Waals surface area contributed by atoms with Crippen molar-refractivity contribution in [2.75, 3.05) is 25.2 Å². The third-order valence-corrected chi connectivity index (χ3v) is 6.35. The Bertz CT molecular complexity index is 977. The van der Waals surface area contributed by atoms with E-state index in [0.717, 1.165) is 52.5 Å². The summed E-state index contributed by atoms with van der Waals surface area (Å²) in [6, 6.07) is 14.0. The van der Waals surface area contributed by atoms with Crippen LogP contribution in [0.15, 0.2) is 42.5 Å². The second kappa shape index (κ2) is 8.93. The van der Waals surface area contributed by atoms with Crippen molar-refractivity contribution in [2.45, 2.75) is 38.7 Å². The van der Waals surface area contributed by atoms with Crippen molar-refractivity contribution in [1.82, 2.24) is 4.98 Å². The minimum Gasteiger partial charge on any atom is -0.497 e. The number of carbonyl (C=O) groups is 1. The van der Waals surface area contributed by atoms with Crippen molar-refractivity contribution in [3.8, 4) is 5.75 Å². The van der Waals surface area contributed by atoms with Gasteiger partial charge in [0, 0.05) is 6.61 Å². The molecule has 0 unspecified atom stereocenters. The highest BCUT2D eigenvalue weighted by Crippen LogP contribution is 2.31. The number of benzene rings is 2. The molecule has 1 saturated heterocycles. The summed E-state index contributed by atoms with van der Waals surface area (Å²) in [5, 5.41) is 0.752. The fraction of sp³-hybridized carbons (Fsp3) is 0.391. The van der Waals surface area contributed by atoms with Gasteiger partial charge in [-0.25, -0.2) is 4.98 Å². The topological polar surface area (TPSA) is 51.7 Å². The van der Waals surface area contributed by atoms with E-state index in [2.05, 4.69) is 19.1 Å². The summed E-state index contributed by atoms with van der Waals surface area (Å²) in [7, 11) is 1.64. The highest BCUT2D eigenvalue weighted by Gasteiger charge is 2.26. The van der Waals surface area contributed by atoms with E-state index in [4.69, 9.17) is 14.5 Å². The van der Waals surface area contributed by atoms with Gasteiger partial charge < -0.3 is 9.47 Å². The average molecular weight is 411 g/mol. The quantitative estimate of drug-likeness (QED) is 0.570. The first-order valence-electron chi connectivity index (χ1n) is 10.1. The van der Waals surface area contributed by atoms with Gasteiger partial charge in [-0.05, 0) is 54.7 Å². The SMILES string of the molecule is CCc1ccc2nc(N(C[C@H]3CCCO3)C(=O)Cc3ccc(OC)cc3)sc2c1. The molecule has 5 nitrogen and oxygen atoms in total. The number of amides is 1.